The van der Waals surface area contributed by atoms with E-state index in [1.54, 1.807) is 14.2 Å². The number of anilines is 1. The Kier molecular flexibility index (Phi) is 12.7. The van der Waals surface area contributed by atoms with Crippen LogP contribution in [0.25, 0.3) is 11.1 Å². The SMILES string of the molecule is COc1cc2c(cc1OC)CN(CC1OC(c3ccc(-c4ccccc4CNC(=O)Nc4ccc(Oc5ccccc5)cc4)cc3)OC(c3ccc(CO)cc3)C1C)CC2. The van der Waals surface area contributed by atoms with Crippen molar-refractivity contribution in [1.82, 2.24) is 10.2 Å². The molecule has 0 saturated carbocycles. The molecule has 4 atom stereocenters. The number of hydrogen-bond donors (Lipinski definition) is 3. The van der Waals surface area contributed by atoms with Crippen molar-refractivity contribution >= 4 is 11.7 Å². The first-order chi connectivity index (χ1) is 29.4. The molecule has 6 aromatic carbocycles. The van der Waals surface area contributed by atoms with E-state index >= 15 is 0 Å². The fraction of sp³-hybridized carbons (Fsp3) is 0.260. The van der Waals surface area contributed by atoms with Crippen molar-refractivity contribution in [3.63, 3.8) is 0 Å². The number of ether oxygens (including phenoxy) is 5. The second-order valence-corrected chi connectivity index (χ2v) is 15.3. The number of para-hydroxylation sites is 1. The highest BCUT2D eigenvalue weighted by Crippen LogP contribution is 2.43. The van der Waals surface area contributed by atoms with E-state index in [-0.39, 0.29) is 30.8 Å². The monoisotopic (exact) mass is 805 g/mol. The number of carbonyl (C=O) groups excluding carboxylic acids is 1. The summed E-state index contributed by atoms with van der Waals surface area (Å²) in [6, 6.07) is 45.1. The summed E-state index contributed by atoms with van der Waals surface area (Å²) in [5, 5.41) is 15.6. The average molecular weight is 806 g/mol. The van der Waals surface area contributed by atoms with E-state index in [1.165, 1.54) is 11.1 Å². The Balaban J connectivity index is 0.948. The van der Waals surface area contributed by atoms with Crippen molar-refractivity contribution < 1.29 is 33.6 Å². The van der Waals surface area contributed by atoms with Crippen molar-refractivity contribution in [2.45, 2.75) is 51.5 Å². The standard InChI is InChI=1S/C50H51N3O7/c1-33-47(31-53-26-25-38-27-45(56-2)46(57-3)28-40(38)30-53)59-49(60-48(33)36-15-13-34(32-54)14-16-36)37-19-17-35(18-20-37)44-12-8-7-9-39(44)29-51-50(55)52-41-21-23-43(24-22-41)58-42-10-5-4-6-11-42/h4-24,27-28,33,47-49,54H,25-26,29-32H2,1-3H3,(H2,51,52,55). The first-order valence-electron chi connectivity index (χ1n) is 20.4. The summed E-state index contributed by atoms with van der Waals surface area (Å²) in [7, 11) is 3.35. The molecule has 10 heteroatoms. The molecule has 0 aliphatic carbocycles. The molecule has 6 aromatic rings. The zero-order valence-electron chi connectivity index (χ0n) is 34.2. The number of aliphatic hydroxyl groups is 1. The number of urea groups is 1. The highest BCUT2D eigenvalue weighted by Gasteiger charge is 2.39. The van der Waals surface area contributed by atoms with Crippen LogP contribution in [0.5, 0.6) is 23.0 Å². The van der Waals surface area contributed by atoms with E-state index in [0.717, 1.165) is 76.7 Å². The lowest BCUT2D eigenvalue weighted by Crippen LogP contribution is -2.45. The largest absolute Gasteiger partial charge is 0.493 e. The molecule has 8 rings (SSSR count). The van der Waals surface area contributed by atoms with Gasteiger partial charge in [-0.05, 0) is 93.9 Å². The van der Waals surface area contributed by atoms with Crippen LogP contribution < -0.4 is 24.8 Å². The molecule has 0 radical (unpaired) electrons. The van der Waals surface area contributed by atoms with Crippen LogP contribution in [-0.2, 0) is 35.6 Å². The van der Waals surface area contributed by atoms with Gasteiger partial charge in [0.05, 0.1) is 33.0 Å². The topological polar surface area (TPSA) is 111 Å². The Hall–Kier alpha value is -6.17. The molecule has 0 bridgehead atoms. The van der Waals surface area contributed by atoms with Gasteiger partial charge in [-0.15, -0.1) is 0 Å². The summed E-state index contributed by atoms with van der Waals surface area (Å²) in [5.74, 6) is 2.98. The summed E-state index contributed by atoms with van der Waals surface area (Å²) in [6.45, 7) is 4.95. The Bertz CT molecular complexity index is 2350. The van der Waals surface area contributed by atoms with E-state index in [2.05, 4.69) is 77.1 Å². The predicted octanol–water partition coefficient (Wildman–Crippen LogP) is 9.83. The summed E-state index contributed by atoms with van der Waals surface area (Å²) < 4.78 is 30.7. The van der Waals surface area contributed by atoms with Gasteiger partial charge >= 0.3 is 6.03 Å². The number of aliphatic hydroxyl groups excluding tert-OH is 1. The number of amides is 2. The Morgan fingerprint density at radius 1 is 0.767 bits per heavy atom. The van der Waals surface area contributed by atoms with E-state index < -0.39 is 6.29 Å². The van der Waals surface area contributed by atoms with Crippen molar-refractivity contribution in [2.24, 2.45) is 5.92 Å². The molecule has 2 aliphatic rings. The fourth-order valence-corrected chi connectivity index (χ4v) is 8.04. The molecule has 3 N–H and O–H groups in total. The number of rotatable bonds is 13. The first-order valence-corrected chi connectivity index (χ1v) is 20.4. The molecule has 308 valence electrons. The van der Waals surface area contributed by atoms with Gasteiger partial charge in [0.2, 0.25) is 0 Å². The van der Waals surface area contributed by atoms with Gasteiger partial charge in [0.1, 0.15) is 11.5 Å². The van der Waals surface area contributed by atoms with Crippen LogP contribution >= 0.6 is 0 Å². The summed E-state index contributed by atoms with van der Waals surface area (Å²) >= 11 is 0. The van der Waals surface area contributed by atoms with Crippen LogP contribution in [0.15, 0.2) is 140 Å². The normalized spacial score (nSPS) is 18.9. The molecule has 10 nitrogen and oxygen atoms in total. The van der Waals surface area contributed by atoms with Gasteiger partial charge in [-0.2, -0.15) is 0 Å². The van der Waals surface area contributed by atoms with Crippen molar-refractivity contribution in [2.75, 3.05) is 32.6 Å². The first kappa shape index (κ1) is 40.6. The number of carbonyl (C=O) groups is 1. The highest BCUT2D eigenvalue weighted by atomic mass is 16.7. The summed E-state index contributed by atoms with van der Waals surface area (Å²) in [4.78, 5) is 15.4. The minimum Gasteiger partial charge on any atom is -0.493 e. The smallest absolute Gasteiger partial charge is 0.319 e. The zero-order chi connectivity index (χ0) is 41.4. The molecule has 0 spiro atoms. The quantitative estimate of drug-likeness (QED) is 0.106. The van der Waals surface area contributed by atoms with Crippen LogP contribution in [0.3, 0.4) is 0 Å². The van der Waals surface area contributed by atoms with Crippen LogP contribution in [0.1, 0.15) is 52.7 Å². The molecule has 2 amide bonds. The molecular formula is C50H51N3O7. The maximum atomic E-state index is 13.0. The number of fused-ring (bicyclic) bond motifs is 1. The third kappa shape index (κ3) is 9.48. The number of nitrogens with one attached hydrogen (secondary N) is 2. The van der Waals surface area contributed by atoms with E-state index in [4.69, 9.17) is 23.7 Å². The van der Waals surface area contributed by atoms with Crippen LogP contribution in [0.2, 0.25) is 0 Å². The lowest BCUT2D eigenvalue weighted by Gasteiger charge is -2.43. The van der Waals surface area contributed by atoms with Gasteiger partial charge in [-0.25, -0.2) is 4.79 Å². The van der Waals surface area contributed by atoms with E-state index in [1.807, 2.05) is 84.9 Å². The van der Waals surface area contributed by atoms with Crippen LogP contribution in [-0.4, -0.2) is 49.5 Å². The van der Waals surface area contributed by atoms with Gasteiger partial charge in [0.25, 0.3) is 0 Å². The van der Waals surface area contributed by atoms with Crippen LogP contribution in [0.4, 0.5) is 10.5 Å². The minimum atomic E-state index is -0.594. The van der Waals surface area contributed by atoms with E-state index in [0.29, 0.717) is 18.0 Å². The lowest BCUT2D eigenvalue weighted by molar-refractivity contribution is -0.276. The van der Waals surface area contributed by atoms with Gasteiger partial charge < -0.3 is 39.4 Å². The van der Waals surface area contributed by atoms with Crippen molar-refractivity contribution in [3.05, 3.63) is 173 Å². The maximum Gasteiger partial charge on any atom is 0.319 e. The fourth-order valence-electron chi connectivity index (χ4n) is 8.04. The molecule has 1 saturated heterocycles. The number of methoxy groups -OCH3 is 2. The van der Waals surface area contributed by atoms with Crippen LogP contribution in [0, 0.1) is 5.92 Å². The van der Waals surface area contributed by atoms with Gasteiger partial charge in [-0.3, -0.25) is 4.90 Å². The Labute approximate surface area is 351 Å². The third-order valence-corrected chi connectivity index (χ3v) is 11.4. The minimum absolute atomic E-state index is 0.0119. The molecule has 1 fully saturated rings. The Morgan fingerprint density at radius 3 is 2.15 bits per heavy atom. The van der Waals surface area contributed by atoms with Crippen molar-refractivity contribution in [3.8, 4) is 34.1 Å². The third-order valence-electron chi connectivity index (χ3n) is 11.4. The maximum absolute atomic E-state index is 13.0. The van der Waals surface area contributed by atoms with Gasteiger partial charge in [-0.1, -0.05) is 97.9 Å². The molecule has 2 heterocycles. The summed E-state index contributed by atoms with van der Waals surface area (Å²) in [5.41, 5.74) is 9.02. The second kappa shape index (κ2) is 18.8. The van der Waals surface area contributed by atoms with Crippen molar-refractivity contribution in [1.29, 1.82) is 0 Å². The van der Waals surface area contributed by atoms with E-state index in [9.17, 15) is 9.90 Å². The average Bonchev–Trinajstić information content (AvgIpc) is 3.29. The van der Waals surface area contributed by atoms with Gasteiger partial charge in [0, 0.05) is 43.3 Å². The zero-order valence-corrected chi connectivity index (χ0v) is 34.2. The summed E-state index contributed by atoms with van der Waals surface area (Å²) in [6.07, 6.45) is -0.0264. The second-order valence-electron chi connectivity index (χ2n) is 15.3. The molecular weight excluding hydrogens is 755 g/mol. The predicted molar refractivity (Wildman–Crippen MR) is 232 cm³/mol. The number of benzene rings is 6. The molecule has 2 aliphatic heterocycles. The highest BCUT2D eigenvalue weighted by molar-refractivity contribution is 5.89. The Morgan fingerprint density at radius 2 is 1.43 bits per heavy atom. The number of hydrogen-bond acceptors (Lipinski definition) is 8. The number of nitrogens with zero attached hydrogens (tertiary/aromatic N) is 1. The molecule has 60 heavy (non-hydrogen) atoms. The van der Waals surface area contributed by atoms with Gasteiger partial charge in [0.15, 0.2) is 17.8 Å². The molecule has 4 unspecified atom stereocenters. The molecule has 0 aromatic heterocycles. The lowest BCUT2D eigenvalue weighted by atomic mass is 9.89.